The summed E-state index contributed by atoms with van der Waals surface area (Å²) in [5.41, 5.74) is 12.4. The van der Waals surface area contributed by atoms with Gasteiger partial charge in [0.15, 0.2) is 0 Å². The van der Waals surface area contributed by atoms with Crippen LogP contribution >= 0.6 is 0 Å². The molecule has 0 amide bonds. The maximum Gasteiger partial charge on any atom is 0.0154 e. The lowest BCUT2D eigenvalue weighted by Crippen LogP contribution is -2.40. The fourth-order valence-electron chi connectivity index (χ4n) is 2.90. The van der Waals surface area contributed by atoms with Gasteiger partial charge in [-0.3, -0.25) is 0 Å². The summed E-state index contributed by atoms with van der Waals surface area (Å²) in [5.74, 6) is 1.60. The summed E-state index contributed by atoms with van der Waals surface area (Å²) in [5, 5.41) is 0. The molecule has 0 saturated carbocycles. The molecule has 0 aromatic carbocycles. The molecule has 0 heterocycles. The third-order valence-corrected chi connectivity index (χ3v) is 4.29. The Labute approximate surface area is 128 Å². The first kappa shape index (κ1) is 19.9. The van der Waals surface area contributed by atoms with Gasteiger partial charge in [-0.1, -0.05) is 66.2 Å². The van der Waals surface area contributed by atoms with E-state index in [4.69, 9.17) is 11.5 Å². The second-order valence-corrected chi connectivity index (χ2v) is 7.53. The molecule has 4 N–H and O–H groups in total. The molecule has 0 fully saturated rings. The van der Waals surface area contributed by atoms with E-state index in [1.54, 1.807) is 0 Å². The van der Waals surface area contributed by atoms with E-state index >= 15 is 0 Å². The molecule has 20 heavy (non-hydrogen) atoms. The largest absolute Gasteiger partial charge is 0.330 e. The van der Waals surface area contributed by atoms with Gasteiger partial charge in [-0.05, 0) is 44.1 Å². The van der Waals surface area contributed by atoms with Crippen LogP contribution < -0.4 is 11.5 Å². The molecule has 0 aliphatic heterocycles. The van der Waals surface area contributed by atoms with Crippen molar-refractivity contribution in [1.29, 1.82) is 0 Å². The zero-order valence-corrected chi connectivity index (χ0v) is 14.6. The summed E-state index contributed by atoms with van der Waals surface area (Å²) < 4.78 is 0. The van der Waals surface area contributed by atoms with Gasteiger partial charge >= 0.3 is 0 Å². The Morgan fingerprint density at radius 3 is 1.55 bits per heavy atom. The van der Waals surface area contributed by atoms with E-state index in [0.29, 0.717) is 0 Å². The molecule has 0 aliphatic carbocycles. The highest BCUT2D eigenvalue weighted by Gasteiger charge is 2.23. The summed E-state index contributed by atoms with van der Waals surface area (Å²) in [4.78, 5) is 0. The number of unbranched alkanes of at least 4 members (excludes halogenated alkanes) is 2. The van der Waals surface area contributed by atoms with Crippen LogP contribution in [0.4, 0.5) is 0 Å². The molecule has 0 rings (SSSR count). The van der Waals surface area contributed by atoms with Crippen LogP contribution in [0.15, 0.2) is 0 Å². The average Bonchev–Trinajstić information content (AvgIpc) is 2.34. The normalized spacial score (nSPS) is 12.6. The topological polar surface area (TPSA) is 52.0 Å². The van der Waals surface area contributed by atoms with Crippen LogP contribution in [0, 0.1) is 11.8 Å². The number of nitrogens with two attached hydrogens (primary N) is 2. The summed E-state index contributed by atoms with van der Waals surface area (Å²) in [6.45, 7) is 10.0. The van der Waals surface area contributed by atoms with Crippen molar-refractivity contribution >= 4 is 0 Å². The predicted octanol–water partition coefficient (Wildman–Crippen LogP) is 4.86. The van der Waals surface area contributed by atoms with Crippen LogP contribution in [0.2, 0.25) is 0 Å². The molecule has 0 aliphatic rings. The van der Waals surface area contributed by atoms with Crippen molar-refractivity contribution in [3.63, 3.8) is 0 Å². The van der Waals surface area contributed by atoms with Crippen LogP contribution in [-0.2, 0) is 0 Å². The molecule has 0 aromatic heterocycles. The molecular formula is C18H40N2. The molecule has 0 radical (unpaired) electrons. The van der Waals surface area contributed by atoms with Crippen molar-refractivity contribution in [1.82, 2.24) is 0 Å². The van der Waals surface area contributed by atoms with E-state index in [9.17, 15) is 0 Å². The Hall–Kier alpha value is -0.0800. The molecular weight excluding hydrogens is 244 g/mol. The monoisotopic (exact) mass is 284 g/mol. The first-order valence-electron chi connectivity index (χ1n) is 8.88. The quantitative estimate of drug-likeness (QED) is 0.475. The zero-order valence-electron chi connectivity index (χ0n) is 14.6. The molecule has 0 bridgehead atoms. The van der Waals surface area contributed by atoms with Gasteiger partial charge in [0.25, 0.3) is 0 Å². The minimum atomic E-state index is 0.0817. The van der Waals surface area contributed by atoms with E-state index < -0.39 is 0 Å². The summed E-state index contributed by atoms with van der Waals surface area (Å²) >= 11 is 0. The number of hydrogen-bond acceptors (Lipinski definition) is 2. The zero-order chi connectivity index (χ0) is 15.4. The third-order valence-electron chi connectivity index (χ3n) is 4.29. The van der Waals surface area contributed by atoms with Crippen LogP contribution in [0.5, 0.6) is 0 Å². The van der Waals surface area contributed by atoms with E-state index in [1.807, 2.05) is 0 Å². The Kier molecular flexibility index (Phi) is 11.5. The second kappa shape index (κ2) is 11.6. The van der Waals surface area contributed by atoms with Gasteiger partial charge in [0, 0.05) is 5.54 Å². The second-order valence-electron chi connectivity index (χ2n) is 7.53. The Morgan fingerprint density at radius 1 is 0.700 bits per heavy atom. The fourth-order valence-corrected chi connectivity index (χ4v) is 2.90. The van der Waals surface area contributed by atoms with Gasteiger partial charge in [0.1, 0.15) is 0 Å². The fraction of sp³-hybridized carbons (Fsp3) is 1.00. The molecule has 122 valence electrons. The van der Waals surface area contributed by atoms with Crippen LogP contribution in [-0.4, -0.2) is 12.1 Å². The Balaban J connectivity index is 4.11. The van der Waals surface area contributed by atoms with Crippen LogP contribution in [0.1, 0.15) is 91.9 Å². The van der Waals surface area contributed by atoms with Crippen LogP contribution in [0.3, 0.4) is 0 Å². The first-order chi connectivity index (χ1) is 9.39. The van der Waals surface area contributed by atoms with Crippen molar-refractivity contribution in [3.05, 3.63) is 0 Å². The van der Waals surface area contributed by atoms with Gasteiger partial charge in [-0.2, -0.15) is 0 Å². The smallest absolute Gasteiger partial charge is 0.0154 e. The maximum absolute atomic E-state index is 6.72. The highest BCUT2D eigenvalue weighted by Crippen LogP contribution is 2.27. The SMILES string of the molecule is CC(C)CCCC(N)(CCCCCN)CCCC(C)C. The highest BCUT2D eigenvalue weighted by atomic mass is 14.7. The van der Waals surface area contributed by atoms with Crippen molar-refractivity contribution in [3.8, 4) is 0 Å². The van der Waals surface area contributed by atoms with E-state index in [-0.39, 0.29) is 5.54 Å². The van der Waals surface area contributed by atoms with E-state index in [2.05, 4.69) is 27.7 Å². The lowest BCUT2D eigenvalue weighted by atomic mass is 9.82. The molecule has 0 saturated heterocycles. The van der Waals surface area contributed by atoms with Crippen LogP contribution in [0.25, 0.3) is 0 Å². The van der Waals surface area contributed by atoms with Crippen molar-refractivity contribution in [2.45, 2.75) is 97.4 Å². The number of hydrogen-bond donors (Lipinski definition) is 2. The van der Waals surface area contributed by atoms with Gasteiger partial charge in [-0.25, -0.2) is 0 Å². The Bertz CT molecular complexity index is 197. The molecule has 0 atom stereocenters. The van der Waals surface area contributed by atoms with Gasteiger partial charge in [-0.15, -0.1) is 0 Å². The lowest BCUT2D eigenvalue weighted by molar-refractivity contribution is 0.295. The van der Waals surface area contributed by atoms with Gasteiger partial charge < -0.3 is 11.5 Å². The molecule has 2 heteroatoms. The van der Waals surface area contributed by atoms with E-state index in [1.165, 1.54) is 57.8 Å². The minimum absolute atomic E-state index is 0.0817. The lowest BCUT2D eigenvalue weighted by Gasteiger charge is -2.30. The third kappa shape index (κ3) is 11.7. The highest BCUT2D eigenvalue weighted by molar-refractivity contribution is 4.84. The summed E-state index contributed by atoms with van der Waals surface area (Å²) in [6.07, 6.45) is 12.4. The molecule has 0 unspecified atom stereocenters. The summed E-state index contributed by atoms with van der Waals surface area (Å²) in [7, 11) is 0. The predicted molar refractivity (Wildman–Crippen MR) is 91.8 cm³/mol. The van der Waals surface area contributed by atoms with Crippen molar-refractivity contribution < 1.29 is 0 Å². The summed E-state index contributed by atoms with van der Waals surface area (Å²) in [6, 6.07) is 0. The number of rotatable bonds is 13. The molecule has 0 spiro atoms. The average molecular weight is 285 g/mol. The standard InChI is InChI=1S/C18H40N2/c1-16(2)10-8-13-18(20,12-6-5-7-15-19)14-9-11-17(3)4/h16-17H,5-15,19-20H2,1-4H3. The maximum atomic E-state index is 6.72. The van der Waals surface area contributed by atoms with E-state index in [0.717, 1.165) is 24.8 Å². The van der Waals surface area contributed by atoms with Gasteiger partial charge in [0.2, 0.25) is 0 Å². The van der Waals surface area contributed by atoms with Crippen molar-refractivity contribution in [2.75, 3.05) is 6.54 Å². The molecule has 2 nitrogen and oxygen atoms in total. The minimum Gasteiger partial charge on any atom is -0.330 e. The van der Waals surface area contributed by atoms with Gasteiger partial charge in [0.05, 0.1) is 0 Å². The first-order valence-corrected chi connectivity index (χ1v) is 8.88. The molecule has 0 aromatic rings. The Morgan fingerprint density at radius 2 is 1.15 bits per heavy atom. The van der Waals surface area contributed by atoms with Crippen molar-refractivity contribution in [2.24, 2.45) is 23.3 Å².